The highest BCUT2D eigenvalue weighted by atomic mass is 16.5. The van der Waals surface area contributed by atoms with Crippen molar-refractivity contribution in [1.82, 2.24) is 9.80 Å². The number of hydrogen-bond donors (Lipinski definition) is 0. The van der Waals surface area contributed by atoms with Gasteiger partial charge in [0.15, 0.2) is 18.1 Å². The van der Waals surface area contributed by atoms with E-state index in [0.717, 1.165) is 0 Å². The first-order valence-electron chi connectivity index (χ1n) is 7.46. The van der Waals surface area contributed by atoms with Crippen LogP contribution in [0, 0.1) is 0 Å². The van der Waals surface area contributed by atoms with Crippen molar-refractivity contribution in [3.63, 3.8) is 0 Å². The van der Waals surface area contributed by atoms with Gasteiger partial charge in [0, 0.05) is 33.3 Å². The van der Waals surface area contributed by atoms with Crippen LogP contribution < -0.4 is 9.47 Å². The minimum atomic E-state index is -0.102. The molecule has 0 N–H and O–H groups in total. The molecular formula is C16H22N2O5. The van der Waals surface area contributed by atoms with Crippen LogP contribution >= 0.6 is 0 Å². The summed E-state index contributed by atoms with van der Waals surface area (Å²) in [6, 6.07) is 7.19. The normalized spacial score (nSPS) is 14.5. The number of carbonyl (C=O) groups excluding carboxylic acids is 2. The van der Waals surface area contributed by atoms with E-state index in [-0.39, 0.29) is 25.0 Å². The molecule has 126 valence electrons. The molecule has 2 rings (SSSR count). The van der Waals surface area contributed by atoms with Crippen molar-refractivity contribution >= 4 is 11.8 Å². The summed E-state index contributed by atoms with van der Waals surface area (Å²) in [6.45, 7) is 2.07. The zero-order chi connectivity index (χ0) is 16.7. The molecule has 0 bridgehead atoms. The Morgan fingerprint density at radius 2 is 1.43 bits per heavy atom. The molecule has 0 spiro atoms. The molecule has 1 aromatic rings. The summed E-state index contributed by atoms with van der Waals surface area (Å²) in [6.07, 6.45) is 0. The quantitative estimate of drug-likeness (QED) is 0.758. The summed E-state index contributed by atoms with van der Waals surface area (Å²) in [5.41, 5.74) is 0. The molecule has 0 aliphatic carbocycles. The number of benzene rings is 1. The van der Waals surface area contributed by atoms with Gasteiger partial charge in [-0.15, -0.1) is 0 Å². The van der Waals surface area contributed by atoms with E-state index < -0.39 is 0 Å². The van der Waals surface area contributed by atoms with E-state index in [2.05, 4.69) is 0 Å². The Hall–Kier alpha value is -2.28. The van der Waals surface area contributed by atoms with Gasteiger partial charge < -0.3 is 24.0 Å². The maximum Gasteiger partial charge on any atom is 0.260 e. The minimum Gasteiger partial charge on any atom is -0.493 e. The molecule has 1 heterocycles. The van der Waals surface area contributed by atoms with Crippen LogP contribution in [0.1, 0.15) is 0 Å². The van der Waals surface area contributed by atoms with E-state index >= 15 is 0 Å². The van der Waals surface area contributed by atoms with Crippen molar-refractivity contribution in [3.05, 3.63) is 24.3 Å². The summed E-state index contributed by atoms with van der Waals surface area (Å²) in [4.78, 5) is 27.3. The van der Waals surface area contributed by atoms with E-state index in [0.29, 0.717) is 37.7 Å². The van der Waals surface area contributed by atoms with Gasteiger partial charge in [-0.05, 0) is 12.1 Å². The Morgan fingerprint density at radius 3 is 1.96 bits per heavy atom. The Morgan fingerprint density at radius 1 is 0.913 bits per heavy atom. The largest absolute Gasteiger partial charge is 0.493 e. The molecule has 1 aliphatic rings. The predicted octanol–water partition coefficient (Wildman–Crippen LogP) is 0.391. The average Bonchev–Trinajstić information content (AvgIpc) is 2.60. The van der Waals surface area contributed by atoms with Crippen molar-refractivity contribution in [3.8, 4) is 11.5 Å². The summed E-state index contributed by atoms with van der Waals surface area (Å²) in [5, 5.41) is 0. The molecular weight excluding hydrogens is 300 g/mol. The second kappa shape index (κ2) is 8.38. The standard InChI is InChI=1S/C16H22N2O5/c1-21-11-15(19)17-7-9-18(10-8-17)16(20)12-23-14-6-4-3-5-13(14)22-2/h3-6H,7-12H2,1-2H3. The summed E-state index contributed by atoms with van der Waals surface area (Å²) in [7, 11) is 3.05. The second-order valence-electron chi connectivity index (χ2n) is 5.13. The lowest BCUT2D eigenvalue weighted by Crippen LogP contribution is -2.52. The topological polar surface area (TPSA) is 68.3 Å². The number of piperazine rings is 1. The Bertz CT molecular complexity index is 541. The van der Waals surface area contributed by atoms with Crippen LogP contribution in [0.25, 0.3) is 0 Å². The zero-order valence-corrected chi connectivity index (χ0v) is 13.5. The Labute approximate surface area is 135 Å². The van der Waals surface area contributed by atoms with Crippen LogP contribution in [0.3, 0.4) is 0 Å². The van der Waals surface area contributed by atoms with E-state index in [1.807, 2.05) is 12.1 Å². The molecule has 0 aromatic heterocycles. The molecule has 1 saturated heterocycles. The number of ether oxygens (including phenoxy) is 3. The number of nitrogens with zero attached hydrogens (tertiary/aromatic N) is 2. The average molecular weight is 322 g/mol. The lowest BCUT2D eigenvalue weighted by atomic mass is 10.3. The highest BCUT2D eigenvalue weighted by Crippen LogP contribution is 2.25. The minimum absolute atomic E-state index is 0.0492. The van der Waals surface area contributed by atoms with Gasteiger partial charge in [-0.25, -0.2) is 0 Å². The van der Waals surface area contributed by atoms with Crippen molar-refractivity contribution in [1.29, 1.82) is 0 Å². The molecule has 0 unspecified atom stereocenters. The predicted molar refractivity (Wildman–Crippen MR) is 83.5 cm³/mol. The third kappa shape index (κ3) is 4.59. The van der Waals surface area contributed by atoms with Crippen LogP contribution in [0.5, 0.6) is 11.5 Å². The van der Waals surface area contributed by atoms with E-state index in [4.69, 9.17) is 14.2 Å². The molecule has 0 radical (unpaired) electrons. The third-order valence-electron chi connectivity index (χ3n) is 3.67. The third-order valence-corrected chi connectivity index (χ3v) is 3.67. The molecule has 0 saturated carbocycles. The van der Waals surface area contributed by atoms with Crippen molar-refractivity contribution in [2.24, 2.45) is 0 Å². The molecule has 0 atom stereocenters. The Kier molecular flexibility index (Phi) is 6.22. The van der Waals surface area contributed by atoms with Crippen molar-refractivity contribution in [2.75, 3.05) is 53.6 Å². The maximum absolute atomic E-state index is 12.2. The number of methoxy groups -OCH3 is 2. The summed E-state index contributed by atoms with van der Waals surface area (Å²) < 4.78 is 15.6. The lowest BCUT2D eigenvalue weighted by Gasteiger charge is -2.34. The molecule has 2 amide bonds. The zero-order valence-electron chi connectivity index (χ0n) is 13.5. The van der Waals surface area contributed by atoms with Gasteiger partial charge in [0.2, 0.25) is 5.91 Å². The van der Waals surface area contributed by atoms with Crippen LogP contribution in [0.15, 0.2) is 24.3 Å². The van der Waals surface area contributed by atoms with Gasteiger partial charge in [-0.1, -0.05) is 12.1 Å². The smallest absolute Gasteiger partial charge is 0.260 e. The van der Waals surface area contributed by atoms with E-state index in [1.54, 1.807) is 29.0 Å². The number of rotatable bonds is 6. The molecule has 7 heteroatoms. The fraction of sp³-hybridized carbons (Fsp3) is 0.500. The number of hydrogen-bond acceptors (Lipinski definition) is 5. The molecule has 1 aromatic carbocycles. The second-order valence-corrected chi connectivity index (χ2v) is 5.13. The molecule has 1 fully saturated rings. The van der Waals surface area contributed by atoms with E-state index in [9.17, 15) is 9.59 Å². The first-order chi connectivity index (χ1) is 11.2. The van der Waals surface area contributed by atoms with Crippen molar-refractivity contribution in [2.45, 2.75) is 0 Å². The highest BCUT2D eigenvalue weighted by Gasteiger charge is 2.24. The maximum atomic E-state index is 12.2. The molecule has 7 nitrogen and oxygen atoms in total. The van der Waals surface area contributed by atoms with Crippen LogP contribution in [0.4, 0.5) is 0 Å². The highest BCUT2D eigenvalue weighted by molar-refractivity contribution is 5.80. The van der Waals surface area contributed by atoms with Crippen LogP contribution in [0.2, 0.25) is 0 Å². The van der Waals surface area contributed by atoms with Gasteiger partial charge in [-0.2, -0.15) is 0 Å². The molecule has 1 aliphatic heterocycles. The van der Waals surface area contributed by atoms with Gasteiger partial charge in [0.1, 0.15) is 6.61 Å². The van der Waals surface area contributed by atoms with Gasteiger partial charge in [-0.3, -0.25) is 9.59 Å². The number of amides is 2. The van der Waals surface area contributed by atoms with Gasteiger partial charge in [0.05, 0.1) is 7.11 Å². The summed E-state index contributed by atoms with van der Waals surface area (Å²) >= 11 is 0. The fourth-order valence-corrected chi connectivity index (χ4v) is 2.39. The number of carbonyl (C=O) groups is 2. The van der Waals surface area contributed by atoms with E-state index in [1.165, 1.54) is 7.11 Å². The SMILES string of the molecule is COCC(=O)N1CCN(C(=O)COc2ccccc2OC)CC1. The van der Waals surface area contributed by atoms with Gasteiger partial charge >= 0.3 is 0 Å². The Balaban J connectivity index is 1.80. The summed E-state index contributed by atoms with van der Waals surface area (Å²) in [5.74, 6) is 0.979. The van der Waals surface area contributed by atoms with Crippen molar-refractivity contribution < 1.29 is 23.8 Å². The van der Waals surface area contributed by atoms with Crippen LogP contribution in [-0.4, -0.2) is 75.2 Å². The first kappa shape index (κ1) is 17.1. The first-order valence-corrected chi connectivity index (χ1v) is 7.46. The monoisotopic (exact) mass is 322 g/mol. The van der Waals surface area contributed by atoms with Gasteiger partial charge in [0.25, 0.3) is 5.91 Å². The fourth-order valence-electron chi connectivity index (χ4n) is 2.39. The lowest BCUT2D eigenvalue weighted by molar-refractivity contribution is -0.142. The number of para-hydroxylation sites is 2. The van der Waals surface area contributed by atoms with Crippen LogP contribution in [-0.2, 0) is 14.3 Å². The molecule has 23 heavy (non-hydrogen) atoms.